The minimum atomic E-state index is -0.960. The van der Waals surface area contributed by atoms with Crippen molar-refractivity contribution in [1.82, 2.24) is 4.90 Å². The van der Waals surface area contributed by atoms with E-state index in [-0.39, 0.29) is 6.04 Å². The summed E-state index contributed by atoms with van der Waals surface area (Å²) in [6.45, 7) is 9.03. The van der Waals surface area contributed by atoms with Crippen LogP contribution in [0, 0.1) is 5.41 Å². The predicted molar refractivity (Wildman–Crippen MR) is 53.9 cm³/mol. The molecule has 0 spiro atoms. The molecule has 0 aliphatic heterocycles. The Morgan fingerprint density at radius 3 is 1.86 bits per heavy atom. The van der Waals surface area contributed by atoms with Crippen LogP contribution in [0.5, 0.6) is 0 Å². The van der Waals surface area contributed by atoms with Gasteiger partial charge in [-0.25, -0.2) is 4.79 Å². The molecule has 0 fully saturated rings. The minimum absolute atomic E-state index is 0.104. The number of carboxylic acids is 1. The lowest BCUT2D eigenvalue weighted by molar-refractivity contribution is -0.152. The standard InChI is InChI=1S/C10H19NO3/c1-7(2)11(6-12)8(9(13)14)10(3,4)5/h6-8H,1-5H3,(H,13,14). The van der Waals surface area contributed by atoms with Gasteiger partial charge in [-0.15, -0.1) is 0 Å². The molecular formula is C10H19NO3. The van der Waals surface area contributed by atoms with E-state index in [2.05, 4.69) is 0 Å². The number of hydrogen-bond acceptors (Lipinski definition) is 2. The van der Waals surface area contributed by atoms with Gasteiger partial charge in [0.2, 0.25) is 6.41 Å². The van der Waals surface area contributed by atoms with Gasteiger partial charge in [-0.2, -0.15) is 0 Å². The first-order valence-corrected chi connectivity index (χ1v) is 4.67. The SMILES string of the molecule is CC(C)N(C=O)C(C(=O)O)C(C)(C)C. The number of hydrogen-bond donors (Lipinski definition) is 1. The zero-order valence-corrected chi connectivity index (χ0v) is 9.44. The molecule has 1 atom stereocenters. The summed E-state index contributed by atoms with van der Waals surface area (Å²) >= 11 is 0. The number of aliphatic carboxylic acids is 1. The lowest BCUT2D eigenvalue weighted by Crippen LogP contribution is -2.51. The monoisotopic (exact) mass is 201 g/mol. The third-order valence-corrected chi connectivity index (χ3v) is 2.07. The van der Waals surface area contributed by atoms with Crippen LogP contribution in [-0.2, 0) is 9.59 Å². The van der Waals surface area contributed by atoms with Crippen LogP contribution in [0.3, 0.4) is 0 Å². The van der Waals surface area contributed by atoms with E-state index >= 15 is 0 Å². The first-order chi connectivity index (χ1) is 6.21. The van der Waals surface area contributed by atoms with E-state index in [4.69, 9.17) is 5.11 Å². The molecule has 4 nitrogen and oxygen atoms in total. The highest BCUT2D eigenvalue weighted by molar-refractivity contribution is 5.77. The molecule has 0 bridgehead atoms. The van der Waals surface area contributed by atoms with Crippen LogP contribution in [0.4, 0.5) is 0 Å². The van der Waals surface area contributed by atoms with Gasteiger partial charge < -0.3 is 10.0 Å². The maximum atomic E-state index is 11.1. The molecule has 1 N–H and O–H groups in total. The van der Waals surface area contributed by atoms with Gasteiger partial charge in [-0.1, -0.05) is 20.8 Å². The van der Waals surface area contributed by atoms with Crippen molar-refractivity contribution in [2.45, 2.75) is 46.7 Å². The molecule has 0 aromatic heterocycles. The highest BCUT2D eigenvalue weighted by atomic mass is 16.4. The minimum Gasteiger partial charge on any atom is -0.480 e. The third-order valence-electron chi connectivity index (χ3n) is 2.07. The van der Waals surface area contributed by atoms with Gasteiger partial charge in [0.1, 0.15) is 6.04 Å². The predicted octanol–water partition coefficient (Wildman–Crippen LogP) is 1.35. The van der Waals surface area contributed by atoms with Crippen molar-refractivity contribution in [3.05, 3.63) is 0 Å². The molecule has 1 amide bonds. The van der Waals surface area contributed by atoms with Gasteiger partial charge in [0.05, 0.1) is 0 Å². The fraction of sp³-hybridized carbons (Fsp3) is 0.800. The van der Waals surface area contributed by atoms with E-state index < -0.39 is 17.4 Å². The van der Waals surface area contributed by atoms with E-state index in [1.807, 2.05) is 20.8 Å². The largest absolute Gasteiger partial charge is 0.480 e. The van der Waals surface area contributed by atoms with E-state index in [0.717, 1.165) is 0 Å². The van der Waals surface area contributed by atoms with Gasteiger partial charge in [0.25, 0.3) is 0 Å². The zero-order chi connectivity index (χ0) is 11.5. The summed E-state index contributed by atoms with van der Waals surface area (Å²) < 4.78 is 0. The molecule has 0 rings (SSSR count). The Labute approximate surface area is 84.9 Å². The fourth-order valence-electron chi connectivity index (χ4n) is 1.43. The van der Waals surface area contributed by atoms with Crippen LogP contribution < -0.4 is 0 Å². The fourth-order valence-corrected chi connectivity index (χ4v) is 1.43. The Morgan fingerprint density at radius 2 is 1.79 bits per heavy atom. The summed E-state index contributed by atoms with van der Waals surface area (Å²) in [6, 6.07) is -0.882. The van der Waals surface area contributed by atoms with Crippen molar-refractivity contribution < 1.29 is 14.7 Å². The molecule has 0 aromatic carbocycles. The van der Waals surface area contributed by atoms with Crippen LogP contribution in [0.25, 0.3) is 0 Å². The Kier molecular flexibility index (Phi) is 4.10. The maximum absolute atomic E-state index is 11.1. The average molecular weight is 201 g/mol. The highest BCUT2D eigenvalue weighted by Crippen LogP contribution is 2.25. The lowest BCUT2D eigenvalue weighted by atomic mass is 9.85. The summed E-state index contributed by atoms with van der Waals surface area (Å²) in [5.41, 5.74) is -0.461. The number of carbonyl (C=O) groups excluding carboxylic acids is 1. The maximum Gasteiger partial charge on any atom is 0.326 e. The van der Waals surface area contributed by atoms with E-state index in [9.17, 15) is 9.59 Å². The second-order valence-electron chi connectivity index (χ2n) is 4.75. The number of carboxylic acid groups (broad SMARTS) is 1. The Balaban J connectivity index is 4.99. The molecule has 0 radical (unpaired) electrons. The second-order valence-corrected chi connectivity index (χ2v) is 4.75. The first kappa shape index (κ1) is 12.9. The molecular weight excluding hydrogens is 182 g/mol. The summed E-state index contributed by atoms with van der Waals surface area (Å²) in [5, 5.41) is 9.06. The van der Waals surface area contributed by atoms with Gasteiger partial charge in [-0.05, 0) is 19.3 Å². The quantitative estimate of drug-likeness (QED) is 0.698. The molecule has 82 valence electrons. The molecule has 0 aliphatic carbocycles. The van der Waals surface area contributed by atoms with Crippen LogP contribution in [0.2, 0.25) is 0 Å². The molecule has 0 aliphatic rings. The highest BCUT2D eigenvalue weighted by Gasteiger charge is 2.37. The lowest BCUT2D eigenvalue weighted by Gasteiger charge is -2.37. The Bertz CT molecular complexity index is 218. The van der Waals surface area contributed by atoms with Crippen molar-refractivity contribution >= 4 is 12.4 Å². The van der Waals surface area contributed by atoms with Gasteiger partial charge in [0, 0.05) is 6.04 Å². The van der Waals surface area contributed by atoms with Crippen molar-refractivity contribution in [2.75, 3.05) is 0 Å². The van der Waals surface area contributed by atoms with E-state index in [1.54, 1.807) is 13.8 Å². The number of nitrogens with zero attached hydrogens (tertiary/aromatic N) is 1. The normalized spacial score (nSPS) is 13.9. The Hall–Kier alpha value is -1.06. The summed E-state index contributed by atoms with van der Waals surface area (Å²) in [7, 11) is 0. The topological polar surface area (TPSA) is 57.6 Å². The van der Waals surface area contributed by atoms with Crippen molar-refractivity contribution in [3.63, 3.8) is 0 Å². The number of carbonyl (C=O) groups is 2. The average Bonchev–Trinajstić information content (AvgIpc) is 1.95. The summed E-state index contributed by atoms with van der Waals surface area (Å²) in [6.07, 6.45) is 0.606. The van der Waals surface area contributed by atoms with Gasteiger partial charge >= 0.3 is 5.97 Å². The van der Waals surface area contributed by atoms with Crippen LogP contribution in [0.1, 0.15) is 34.6 Å². The van der Waals surface area contributed by atoms with Gasteiger partial charge in [-0.3, -0.25) is 4.79 Å². The molecule has 1 unspecified atom stereocenters. The summed E-state index contributed by atoms with van der Waals surface area (Å²) in [4.78, 5) is 23.2. The van der Waals surface area contributed by atoms with Crippen molar-refractivity contribution in [1.29, 1.82) is 0 Å². The smallest absolute Gasteiger partial charge is 0.326 e. The van der Waals surface area contributed by atoms with Crippen molar-refractivity contribution in [3.8, 4) is 0 Å². The number of rotatable bonds is 4. The second kappa shape index (κ2) is 4.44. The molecule has 0 heterocycles. The molecule has 0 aromatic rings. The molecule has 4 heteroatoms. The summed E-state index contributed by atoms with van der Waals surface area (Å²) in [5.74, 6) is -0.960. The first-order valence-electron chi connectivity index (χ1n) is 4.67. The molecule has 0 saturated heterocycles. The molecule has 0 saturated carbocycles. The number of amides is 1. The molecule has 14 heavy (non-hydrogen) atoms. The van der Waals surface area contributed by atoms with Crippen LogP contribution in [0.15, 0.2) is 0 Å². The zero-order valence-electron chi connectivity index (χ0n) is 9.44. The van der Waals surface area contributed by atoms with Crippen molar-refractivity contribution in [2.24, 2.45) is 5.41 Å². The Morgan fingerprint density at radius 1 is 1.36 bits per heavy atom. The van der Waals surface area contributed by atoms with Crippen LogP contribution in [-0.4, -0.2) is 34.5 Å². The van der Waals surface area contributed by atoms with Crippen LogP contribution >= 0.6 is 0 Å². The van der Waals surface area contributed by atoms with E-state index in [0.29, 0.717) is 6.41 Å². The van der Waals surface area contributed by atoms with E-state index in [1.165, 1.54) is 4.90 Å². The third kappa shape index (κ3) is 3.01. The van der Waals surface area contributed by atoms with Gasteiger partial charge in [0.15, 0.2) is 0 Å².